The van der Waals surface area contributed by atoms with Crippen LogP contribution in [0.15, 0.2) is 54.6 Å². The number of carboxylic acids is 1. The van der Waals surface area contributed by atoms with Crippen molar-refractivity contribution < 1.29 is 28.6 Å². The summed E-state index contributed by atoms with van der Waals surface area (Å²) in [4.78, 5) is 23.8. The highest BCUT2D eigenvalue weighted by Gasteiger charge is 2.29. The van der Waals surface area contributed by atoms with E-state index in [4.69, 9.17) is 14.6 Å². The number of carboxylic acid groups (broad SMARTS) is 1. The summed E-state index contributed by atoms with van der Waals surface area (Å²) in [6, 6.07) is 17.6. The molecule has 0 bridgehead atoms. The lowest BCUT2D eigenvalue weighted by Crippen LogP contribution is -2.29. The summed E-state index contributed by atoms with van der Waals surface area (Å²) in [5.41, 5.74) is 0.344. The molecule has 1 fully saturated rings. The van der Waals surface area contributed by atoms with E-state index >= 15 is 0 Å². The Labute approximate surface area is 190 Å². The second kappa shape index (κ2) is 9.70. The monoisotopic (exact) mass is 447 g/mol. The Morgan fingerprint density at radius 1 is 1.06 bits per heavy atom. The second-order valence-corrected chi connectivity index (χ2v) is 8.08. The number of carbonyl (C=O) groups excluding carboxylic acids is 1. The van der Waals surface area contributed by atoms with Gasteiger partial charge >= 0.3 is 11.9 Å². The van der Waals surface area contributed by atoms with Crippen LogP contribution in [0, 0.1) is 23.1 Å². The first-order chi connectivity index (χ1) is 16.0. The normalized spacial score (nSPS) is 17.8. The maximum absolute atomic E-state index is 13.8. The van der Waals surface area contributed by atoms with Gasteiger partial charge in [0.2, 0.25) is 0 Å². The first-order valence-electron chi connectivity index (χ1n) is 10.7. The van der Waals surface area contributed by atoms with E-state index in [0.29, 0.717) is 25.7 Å². The zero-order valence-corrected chi connectivity index (χ0v) is 17.8. The van der Waals surface area contributed by atoms with Crippen molar-refractivity contribution in [2.45, 2.75) is 38.4 Å². The lowest BCUT2D eigenvalue weighted by Gasteiger charge is -2.28. The molecule has 3 aromatic carbocycles. The van der Waals surface area contributed by atoms with Crippen molar-refractivity contribution in [3.8, 4) is 11.8 Å². The highest BCUT2D eigenvalue weighted by atomic mass is 19.1. The van der Waals surface area contributed by atoms with E-state index in [2.05, 4.69) is 0 Å². The third kappa shape index (κ3) is 4.96. The first-order valence-corrected chi connectivity index (χ1v) is 10.7. The van der Waals surface area contributed by atoms with Crippen molar-refractivity contribution in [3.05, 3.63) is 77.1 Å². The number of hydrogen-bond donors (Lipinski definition) is 1. The van der Waals surface area contributed by atoms with Gasteiger partial charge in [-0.1, -0.05) is 42.5 Å². The van der Waals surface area contributed by atoms with Gasteiger partial charge in [0.05, 0.1) is 23.1 Å². The molecule has 0 atom stereocenters. The zero-order valence-electron chi connectivity index (χ0n) is 17.8. The van der Waals surface area contributed by atoms with Crippen molar-refractivity contribution in [2.75, 3.05) is 0 Å². The van der Waals surface area contributed by atoms with Gasteiger partial charge in [0, 0.05) is 0 Å². The SMILES string of the molecule is N#Cc1cc(F)c(C(=O)O)cc1OC1CCC(C(=O)OCc2cccc3ccccc23)CC1. The Kier molecular flexibility index (Phi) is 6.55. The standard InChI is InChI=1S/C26H22FNO5/c27-23-12-19(14-28)24(13-22(23)25(29)30)33-20-10-8-17(9-11-20)26(31)32-15-18-6-3-5-16-4-1-2-7-21(16)18/h1-7,12-13,17,20H,8-11,15H2,(H,29,30). The van der Waals surface area contributed by atoms with Gasteiger partial charge in [0.15, 0.2) is 0 Å². The van der Waals surface area contributed by atoms with Gasteiger partial charge in [0.1, 0.15) is 24.2 Å². The maximum atomic E-state index is 13.8. The summed E-state index contributed by atoms with van der Waals surface area (Å²) in [5.74, 6) is -2.88. The summed E-state index contributed by atoms with van der Waals surface area (Å²) in [6.07, 6.45) is 1.88. The van der Waals surface area contributed by atoms with Gasteiger partial charge < -0.3 is 14.6 Å². The van der Waals surface area contributed by atoms with Crippen LogP contribution in [-0.2, 0) is 16.1 Å². The van der Waals surface area contributed by atoms with Gasteiger partial charge in [0.25, 0.3) is 0 Å². The van der Waals surface area contributed by atoms with E-state index in [-0.39, 0.29) is 35.9 Å². The number of nitrogens with zero attached hydrogens (tertiary/aromatic N) is 1. The van der Waals surface area contributed by atoms with Crippen molar-refractivity contribution in [1.82, 2.24) is 0 Å². The lowest BCUT2D eigenvalue weighted by molar-refractivity contribution is -0.151. The molecule has 0 aliphatic heterocycles. The average Bonchev–Trinajstić information content (AvgIpc) is 2.83. The van der Waals surface area contributed by atoms with Crippen LogP contribution in [0.2, 0.25) is 0 Å². The van der Waals surface area contributed by atoms with Gasteiger partial charge in [-0.3, -0.25) is 4.79 Å². The number of nitriles is 1. The summed E-state index contributed by atoms with van der Waals surface area (Å²) < 4.78 is 25.2. The van der Waals surface area contributed by atoms with Gasteiger partial charge in [-0.05, 0) is 54.2 Å². The molecule has 0 heterocycles. The quantitative estimate of drug-likeness (QED) is 0.520. The fraction of sp³-hybridized carbons (Fsp3) is 0.269. The van der Waals surface area contributed by atoms with Crippen LogP contribution in [0.25, 0.3) is 10.8 Å². The Hall–Kier alpha value is -3.92. The third-order valence-corrected chi connectivity index (χ3v) is 5.97. The summed E-state index contributed by atoms with van der Waals surface area (Å²) in [7, 11) is 0. The largest absolute Gasteiger partial charge is 0.489 e. The van der Waals surface area contributed by atoms with Crippen molar-refractivity contribution in [3.63, 3.8) is 0 Å². The van der Waals surface area contributed by atoms with E-state index < -0.39 is 17.3 Å². The van der Waals surface area contributed by atoms with Crippen LogP contribution in [0.1, 0.15) is 47.2 Å². The summed E-state index contributed by atoms with van der Waals surface area (Å²) in [5, 5.41) is 20.5. The molecule has 1 N–H and O–H groups in total. The van der Waals surface area contributed by atoms with Crippen LogP contribution < -0.4 is 4.74 Å². The fourth-order valence-corrected chi connectivity index (χ4v) is 4.18. The van der Waals surface area contributed by atoms with Crippen LogP contribution in [0.4, 0.5) is 4.39 Å². The van der Waals surface area contributed by atoms with Crippen molar-refractivity contribution in [1.29, 1.82) is 5.26 Å². The minimum atomic E-state index is -1.43. The molecule has 33 heavy (non-hydrogen) atoms. The van der Waals surface area contributed by atoms with E-state index in [9.17, 15) is 19.2 Å². The number of carbonyl (C=O) groups is 2. The number of halogens is 1. The van der Waals surface area contributed by atoms with Gasteiger partial charge in [-0.25, -0.2) is 9.18 Å². The Balaban J connectivity index is 1.34. The van der Waals surface area contributed by atoms with Crippen LogP contribution >= 0.6 is 0 Å². The molecule has 0 spiro atoms. The molecule has 4 rings (SSSR count). The number of esters is 1. The minimum absolute atomic E-state index is 0.0401. The van der Waals surface area contributed by atoms with E-state index in [0.717, 1.165) is 28.5 Å². The van der Waals surface area contributed by atoms with E-state index in [1.807, 2.05) is 48.5 Å². The molecular weight excluding hydrogens is 425 g/mol. The molecular formula is C26H22FNO5. The average molecular weight is 447 g/mol. The molecule has 7 heteroatoms. The molecule has 1 saturated carbocycles. The predicted molar refractivity (Wildman–Crippen MR) is 118 cm³/mol. The van der Waals surface area contributed by atoms with Gasteiger partial charge in [-0.2, -0.15) is 5.26 Å². The van der Waals surface area contributed by atoms with Crippen molar-refractivity contribution in [2.24, 2.45) is 5.92 Å². The number of rotatable bonds is 6. The molecule has 0 aromatic heterocycles. The number of fused-ring (bicyclic) bond motifs is 1. The van der Waals surface area contributed by atoms with E-state index in [1.54, 1.807) is 0 Å². The molecule has 0 radical (unpaired) electrons. The highest BCUT2D eigenvalue weighted by Crippen LogP contribution is 2.31. The predicted octanol–water partition coefficient (Wildman–Crippen LogP) is 5.23. The molecule has 0 amide bonds. The van der Waals surface area contributed by atoms with E-state index in [1.165, 1.54) is 0 Å². The topological polar surface area (TPSA) is 96.6 Å². The molecule has 1 aliphatic carbocycles. The lowest BCUT2D eigenvalue weighted by atomic mass is 9.87. The second-order valence-electron chi connectivity index (χ2n) is 8.08. The Morgan fingerprint density at radius 2 is 1.79 bits per heavy atom. The highest BCUT2D eigenvalue weighted by molar-refractivity contribution is 5.89. The fourth-order valence-electron chi connectivity index (χ4n) is 4.18. The van der Waals surface area contributed by atoms with Crippen LogP contribution in [-0.4, -0.2) is 23.1 Å². The minimum Gasteiger partial charge on any atom is -0.489 e. The van der Waals surface area contributed by atoms with Crippen LogP contribution in [0.3, 0.4) is 0 Å². The maximum Gasteiger partial charge on any atom is 0.338 e. The number of hydrogen-bond acceptors (Lipinski definition) is 5. The molecule has 3 aromatic rings. The smallest absolute Gasteiger partial charge is 0.338 e. The number of benzene rings is 3. The molecule has 168 valence electrons. The number of aromatic carboxylic acids is 1. The third-order valence-electron chi connectivity index (χ3n) is 5.97. The zero-order chi connectivity index (χ0) is 23.4. The molecule has 0 unspecified atom stereocenters. The van der Waals surface area contributed by atoms with Crippen LogP contribution in [0.5, 0.6) is 5.75 Å². The van der Waals surface area contributed by atoms with Crippen molar-refractivity contribution >= 4 is 22.7 Å². The first kappa shape index (κ1) is 22.3. The number of ether oxygens (including phenoxy) is 2. The Bertz CT molecular complexity index is 1240. The molecule has 1 aliphatic rings. The summed E-state index contributed by atoms with van der Waals surface area (Å²) in [6.45, 7) is 0.204. The molecule has 0 saturated heterocycles. The Morgan fingerprint density at radius 3 is 2.52 bits per heavy atom. The van der Waals surface area contributed by atoms with Gasteiger partial charge in [-0.15, -0.1) is 0 Å². The molecule has 6 nitrogen and oxygen atoms in total. The summed E-state index contributed by atoms with van der Waals surface area (Å²) >= 11 is 0.